The number of ether oxygens (including phenoxy) is 1. The molecule has 21 heavy (non-hydrogen) atoms. The number of anilines is 1. The normalized spacial score (nSPS) is 15.5. The Balaban J connectivity index is 1.84. The first-order valence-electron chi connectivity index (χ1n) is 8.00. The van der Waals surface area contributed by atoms with Gasteiger partial charge in [0.1, 0.15) is 11.6 Å². The van der Waals surface area contributed by atoms with Crippen LogP contribution in [-0.4, -0.2) is 25.2 Å². The number of pyridine rings is 1. The molecule has 0 unspecified atom stereocenters. The molecule has 1 aliphatic carbocycles. The van der Waals surface area contributed by atoms with Crippen molar-refractivity contribution < 1.29 is 4.74 Å². The largest absolute Gasteiger partial charge is 0.497 e. The predicted molar refractivity (Wildman–Crippen MR) is 88.1 cm³/mol. The van der Waals surface area contributed by atoms with E-state index < -0.39 is 0 Å². The third-order valence-corrected chi connectivity index (χ3v) is 4.54. The topological polar surface area (TPSA) is 25.4 Å². The highest BCUT2D eigenvalue weighted by atomic mass is 16.5. The summed E-state index contributed by atoms with van der Waals surface area (Å²) in [6.07, 6.45) is 5.54. The van der Waals surface area contributed by atoms with E-state index in [1.54, 1.807) is 7.11 Å². The minimum Gasteiger partial charge on any atom is -0.497 e. The lowest BCUT2D eigenvalue weighted by Gasteiger charge is -2.25. The number of hydrogen-bond acceptors (Lipinski definition) is 3. The molecule has 1 aromatic carbocycles. The van der Waals surface area contributed by atoms with Gasteiger partial charge in [0, 0.05) is 18.5 Å². The van der Waals surface area contributed by atoms with Gasteiger partial charge in [-0.15, -0.1) is 0 Å². The van der Waals surface area contributed by atoms with Gasteiger partial charge in [-0.1, -0.05) is 12.8 Å². The molecule has 0 saturated heterocycles. The number of methoxy groups -OCH3 is 1. The number of benzene rings is 1. The van der Waals surface area contributed by atoms with Crippen molar-refractivity contribution in [3.63, 3.8) is 0 Å². The van der Waals surface area contributed by atoms with Gasteiger partial charge in [-0.2, -0.15) is 0 Å². The van der Waals surface area contributed by atoms with Crippen LogP contribution in [-0.2, 0) is 0 Å². The van der Waals surface area contributed by atoms with Gasteiger partial charge in [0.15, 0.2) is 0 Å². The summed E-state index contributed by atoms with van der Waals surface area (Å²) in [5.74, 6) is 2.83. The summed E-state index contributed by atoms with van der Waals surface area (Å²) in [4.78, 5) is 7.25. The second-order valence-electron chi connectivity index (χ2n) is 5.92. The molecule has 1 saturated carbocycles. The van der Waals surface area contributed by atoms with E-state index in [1.165, 1.54) is 25.7 Å². The molecule has 3 rings (SSSR count). The van der Waals surface area contributed by atoms with Crippen molar-refractivity contribution in [2.24, 2.45) is 5.92 Å². The van der Waals surface area contributed by atoms with Crippen molar-refractivity contribution in [3.05, 3.63) is 30.3 Å². The van der Waals surface area contributed by atoms with Gasteiger partial charge in [-0.05, 0) is 56.0 Å². The predicted octanol–water partition coefficient (Wildman–Crippen LogP) is 4.26. The van der Waals surface area contributed by atoms with Crippen molar-refractivity contribution in [1.82, 2.24) is 4.98 Å². The molecule has 0 radical (unpaired) electrons. The van der Waals surface area contributed by atoms with Gasteiger partial charge >= 0.3 is 0 Å². The number of fused-ring (bicyclic) bond motifs is 1. The summed E-state index contributed by atoms with van der Waals surface area (Å²) < 4.78 is 5.27. The first-order valence-corrected chi connectivity index (χ1v) is 8.00. The van der Waals surface area contributed by atoms with E-state index >= 15 is 0 Å². The lowest BCUT2D eigenvalue weighted by atomic mass is 10.1. The standard InChI is InChI=1S/C18H24N2O/c1-3-20(13-14-6-4-5-7-14)18-11-8-15-12-16(21-2)9-10-17(15)19-18/h8-12,14H,3-7,13H2,1-2H3. The molecule has 2 aromatic rings. The Kier molecular flexibility index (Phi) is 4.28. The zero-order valence-electron chi connectivity index (χ0n) is 13.0. The number of rotatable bonds is 5. The minimum atomic E-state index is 0.846. The molecule has 0 spiro atoms. The van der Waals surface area contributed by atoms with Crippen LogP contribution in [0.2, 0.25) is 0 Å². The first kappa shape index (κ1) is 14.2. The molecular weight excluding hydrogens is 260 g/mol. The van der Waals surface area contributed by atoms with Gasteiger partial charge in [0.25, 0.3) is 0 Å². The van der Waals surface area contributed by atoms with Crippen LogP contribution in [0.3, 0.4) is 0 Å². The quantitative estimate of drug-likeness (QED) is 0.820. The molecule has 1 aromatic heterocycles. The molecule has 3 nitrogen and oxygen atoms in total. The summed E-state index contributed by atoms with van der Waals surface area (Å²) in [5.41, 5.74) is 1.04. The Morgan fingerprint density at radius 2 is 2.00 bits per heavy atom. The highest BCUT2D eigenvalue weighted by molar-refractivity contribution is 5.81. The molecule has 1 fully saturated rings. The summed E-state index contributed by atoms with van der Waals surface area (Å²) in [6.45, 7) is 4.38. The molecule has 112 valence electrons. The molecule has 1 heterocycles. The van der Waals surface area contributed by atoms with E-state index in [1.807, 2.05) is 18.2 Å². The monoisotopic (exact) mass is 284 g/mol. The van der Waals surface area contributed by atoms with Gasteiger partial charge in [-0.3, -0.25) is 0 Å². The van der Waals surface area contributed by atoms with Crippen molar-refractivity contribution in [2.45, 2.75) is 32.6 Å². The Hall–Kier alpha value is -1.77. The highest BCUT2D eigenvalue weighted by Crippen LogP contribution is 2.28. The van der Waals surface area contributed by atoms with Crippen LogP contribution >= 0.6 is 0 Å². The summed E-state index contributed by atoms with van der Waals surface area (Å²) in [5, 5.41) is 1.13. The number of nitrogens with zero attached hydrogens (tertiary/aromatic N) is 2. The van der Waals surface area contributed by atoms with Crippen molar-refractivity contribution in [3.8, 4) is 5.75 Å². The van der Waals surface area contributed by atoms with Crippen LogP contribution in [0, 0.1) is 5.92 Å². The average Bonchev–Trinajstić information content (AvgIpc) is 3.04. The molecule has 1 aliphatic rings. The smallest absolute Gasteiger partial charge is 0.129 e. The molecule has 0 atom stereocenters. The van der Waals surface area contributed by atoms with Gasteiger partial charge in [0.2, 0.25) is 0 Å². The van der Waals surface area contributed by atoms with Crippen LogP contribution in [0.25, 0.3) is 10.9 Å². The van der Waals surface area contributed by atoms with E-state index in [9.17, 15) is 0 Å². The van der Waals surface area contributed by atoms with Gasteiger partial charge in [-0.25, -0.2) is 4.98 Å². The van der Waals surface area contributed by atoms with Crippen LogP contribution < -0.4 is 9.64 Å². The van der Waals surface area contributed by atoms with Crippen LogP contribution in [0.4, 0.5) is 5.82 Å². The number of hydrogen-bond donors (Lipinski definition) is 0. The second-order valence-corrected chi connectivity index (χ2v) is 5.92. The van der Waals surface area contributed by atoms with Crippen LogP contribution in [0.5, 0.6) is 5.75 Å². The van der Waals surface area contributed by atoms with Crippen molar-refractivity contribution >= 4 is 16.7 Å². The summed E-state index contributed by atoms with van der Waals surface area (Å²) in [7, 11) is 1.70. The maximum absolute atomic E-state index is 5.27. The Morgan fingerprint density at radius 3 is 2.71 bits per heavy atom. The lowest BCUT2D eigenvalue weighted by Crippen LogP contribution is -2.29. The average molecular weight is 284 g/mol. The van der Waals surface area contributed by atoms with E-state index in [4.69, 9.17) is 9.72 Å². The highest BCUT2D eigenvalue weighted by Gasteiger charge is 2.18. The molecular formula is C18H24N2O. The van der Waals surface area contributed by atoms with E-state index in [2.05, 4.69) is 24.0 Å². The minimum absolute atomic E-state index is 0.846. The SMILES string of the molecule is CCN(CC1CCCC1)c1ccc2cc(OC)ccc2n1. The Morgan fingerprint density at radius 1 is 1.19 bits per heavy atom. The Labute approximate surface area is 126 Å². The third kappa shape index (κ3) is 3.12. The van der Waals surface area contributed by atoms with Crippen molar-refractivity contribution in [1.29, 1.82) is 0 Å². The second kappa shape index (κ2) is 6.33. The van der Waals surface area contributed by atoms with Gasteiger partial charge < -0.3 is 9.64 Å². The molecule has 0 aliphatic heterocycles. The zero-order valence-corrected chi connectivity index (χ0v) is 13.0. The number of aromatic nitrogens is 1. The zero-order chi connectivity index (χ0) is 14.7. The van der Waals surface area contributed by atoms with Crippen molar-refractivity contribution in [2.75, 3.05) is 25.1 Å². The fourth-order valence-corrected chi connectivity index (χ4v) is 3.29. The van der Waals surface area contributed by atoms with E-state index in [0.29, 0.717) is 0 Å². The van der Waals surface area contributed by atoms with E-state index in [0.717, 1.165) is 41.5 Å². The van der Waals surface area contributed by atoms with Crippen LogP contribution in [0.1, 0.15) is 32.6 Å². The molecule has 0 amide bonds. The third-order valence-electron chi connectivity index (χ3n) is 4.54. The molecule has 0 bridgehead atoms. The fraction of sp³-hybridized carbons (Fsp3) is 0.500. The Bertz CT molecular complexity index is 605. The first-order chi connectivity index (χ1) is 10.3. The maximum atomic E-state index is 5.27. The maximum Gasteiger partial charge on any atom is 0.129 e. The molecule has 3 heteroatoms. The lowest BCUT2D eigenvalue weighted by molar-refractivity contribution is 0.415. The summed E-state index contributed by atoms with van der Waals surface area (Å²) >= 11 is 0. The summed E-state index contributed by atoms with van der Waals surface area (Å²) in [6, 6.07) is 10.4. The fourth-order valence-electron chi connectivity index (χ4n) is 3.29. The van der Waals surface area contributed by atoms with E-state index in [-0.39, 0.29) is 0 Å². The van der Waals surface area contributed by atoms with Gasteiger partial charge in [0.05, 0.1) is 12.6 Å². The van der Waals surface area contributed by atoms with Crippen LogP contribution in [0.15, 0.2) is 30.3 Å². The molecule has 0 N–H and O–H groups in total.